The van der Waals surface area contributed by atoms with E-state index in [9.17, 15) is 4.79 Å². The molecule has 0 radical (unpaired) electrons. The summed E-state index contributed by atoms with van der Waals surface area (Å²) in [5.41, 5.74) is 0. The first-order valence-corrected chi connectivity index (χ1v) is 7.09. The highest BCUT2D eigenvalue weighted by atomic mass is 16.5. The zero-order chi connectivity index (χ0) is 11.8. The van der Waals surface area contributed by atoms with Crippen LogP contribution < -0.4 is 5.32 Å². The zero-order valence-corrected chi connectivity index (χ0v) is 10.7. The Labute approximate surface area is 103 Å². The van der Waals surface area contributed by atoms with E-state index in [1.165, 1.54) is 45.6 Å². The van der Waals surface area contributed by atoms with Crippen molar-refractivity contribution in [1.29, 1.82) is 0 Å². The van der Waals surface area contributed by atoms with Gasteiger partial charge in [0.1, 0.15) is 6.04 Å². The number of fused-ring (bicyclic) bond motifs is 2. The van der Waals surface area contributed by atoms with Crippen LogP contribution in [0.25, 0.3) is 0 Å². The highest BCUT2D eigenvalue weighted by Gasteiger charge is 2.41. The molecule has 0 aromatic heterocycles. The maximum absolute atomic E-state index is 11.7. The minimum atomic E-state index is -0.0596. The van der Waals surface area contributed by atoms with Gasteiger partial charge in [-0.05, 0) is 62.3 Å². The number of ether oxygens (including phenoxy) is 1. The Bertz CT molecular complexity index is 301. The fourth-order valence-electron chi connectivity index (χ4n) is 3.90. The molecule has 3 fully saturated rings. The number of nitrogens with one attached hydrogen (secondary N) is 1. The summed E-state index contributed by atoms with van der Waals surface area (Å²) in [7, 11) is 1.50. The molecule has 2 bridgehead atoms. The smallest absolute Gasteiger partial charge is 0.323 e. The SMILES string of the molecule is COC(=O)C(NCC1CC2CCC1C2)C1CC1. The van der Waals surface area contributed by atoms with Crippen molar-refractivity contribution in [1.82, 2.24) is 5.32 Å². The minimum absolute atomic E-state index is 0.0286. The lowest BCUT2D eigenvalue weighted by atomic mass is 9.88. The third kappa shape index (κ3) is 2.35. The van der Waals surface area contributed by atoms with Crippen molar-refractivity contribution in [2.24, 2.45) is 23.7 Å². The zero-order valence-electron chi connectivity index (χ0n) is 10.7. The number of carbonyl (C=O) groups is 1. The third-order valence-corrected chi connectivity index (χ3v) is 5.03. The Morgan fingerprint density at radius 2 is 2.12 bits per heavy atom. The van der Waals surface area contributed by atoms with Crippen molar-refractivity contribution in [3.05, 3.63) is 0 Å². The van der Waals surface area contributed by atoms with Crippen molar-refractivity contribution in [2.45, 2.75) is 44.6 Å². The molecule has 0 aromatic rings. The summed E-state index contributed by atoms with van der Waals surface area (Å²) in [4.78, 5) is 11.7. The van der Waals surface area contributed by atoms with E-state index in [0.29, 0.717) is 5.92 Å². The second kappa shape index (κ2) is 4.60. The number of methoxy groups -OCH3 is 1. The molecule has 0 heterocycles. The van der Waals surface area contributed by atoms with Gasteiger partial charge in [0.05, 0.1) is 7.11 Å². The Hall–Kier alpha value is -0.570. The first kappa shape index (κ1) is 11.5. The molecule has 3 heteroatoms. The first-order chi connectivity index (χ1) is 8.28. The first-order valence-electron chi connectivity index (χ1n) is 7.09. The van der Waals surface area contributed by atoms with Crippen LogP contribution in [-0.2, 0) is 9.53 Å². The van der Waals surface area contributed by atoms with Gasteiger partial charge in [-0.2, -0.15) is 0 Å². The van der Waals surface area contributed by atoms with Crippen molar-refractivity contribution < 1.29 is 9.53 Å². The molecular formula is C14H23NO2. The summed E-state index contributed by atoms with van der Waals surface area (Å²) in [6.45, 7) is 1.03. The Morgan fingerprint density at radius 1 is 1.29 bits per heavy atom. The molecule has 0 saturated heterocycles. The van der Waals surface area contributed by atoms with E-state index in [1.54, 1.807) is 0 Å². The number of carbonyl (C=O) groups excluding carboxylic acids is 1. The molecule has 3 nitrogen and oxygen atoms in total. The van der Waals surface area contributed by atoms with Crippen molar-refractivity contribution in [2.75, 3.05) is 13.7 Å². The Morgan fingerprint density at radius 3 is 2.65 bits per heavy atom. The van der Waals surface area contributed by atoms with Crippen LogP contribution in [0.5, 0.6) is 0 Å². The normalized spacial score (nSPS) is 37.1. The molecule has 3 aliphatic rings. The van der Waals surface area contributed by atoms with Gasteiger partial charge in [0.2, 0.25) is 0 Å². The molecule has 0 aliphatic heterocycles. The van der Waals surface area contributed by atoms with E-state index in [4.69, 9.17) is 4.74 Å². The summed E-state index contributed by atoms with van der Waals surface area (Å²) in [5.74, 6) is 3.23. The van der Waals surface area contributed by atoms with E-state index >= 15 is 0 Å². The van der Waals surface area contributed by atoms with Gasteiger partial charge >= 0.3 is 5.97 Å². The highest BCUT2D eigenvalue weighted by Crippen LogP contribution is 2.48. The van der Waals surface area contributed by atoms with Crippen molar-refractivity contribution in [3.63, 3.8) is 0 Å². The van der Waals surface area contributed by atoms with Gasteiger partial charge < -0.3 is 10.1 Å². The maximum atomic E-state index is 11.7. The fourth-order valence-corrected chi connectivity index (χ4v) is 3.90. The number of esters is 1. The van der Waals surface area contributed by atoms with Gasteiger partial charge in [0.15, 0.2) is 0 Å². The Balaban J connectivity index is 1.50. The van der Waals surface area contributed by atoms with Crippen LogP contribution in [0.2, 0.25) is 0 Å². The van der Waals surface area contributed by atoms with Gasteiger partial charge in [0, 0.05) is 0 Å². The average molecular weight is 237 g/mol. The Kier molecular flexibility index (Phi) is 3.12. The van der Waals surface area contributed by atoms with E-state index in [2.05, 4.69) is 5.32 Å². The lowest BCUT2D eigenvalue weighted by Gasteiger charge is -2.24. The summed E-state index contributed by atoms with van der Waals surface area (Å²) in [6, 6.07) is -0.0286. The van der Waals surface area contributed by atoms with Crippen LogP contribution in [0.15, 0.2) is 0 Å². The lowest BCUT2D eigenvalue weighted by molar-refractivity contribution is -0.143. The van der Waals surface area contributed by atoms with E-state index in [1.807, 2.05) is 0 Å². The van der Waals surface area contributed by atoms with Crippen LogP contribution in [0.3, 0.4) is 0 Å². The molecule has 96 valence electrons. The molecule has 3 saturated carbocycles. The molecule has 3 rings (SSSR count). The quantitative estimate of drug-likeness (QED) is 0.743. The van der Waals surface area contributed by atoms with E-state index in [0.717, 1.165) is 24.3 Å². The van der Waals surface area contributed by atoms with Crippen LogP contribution in [0, 0.1) is 23.7 Å². The molecular weight excluding hydrogens is 214 g/mol. The molecule has 17 heavy (non-hydrogen) atoms. The van der Waals surface area contributed by atoms with Gasteiger partial charge in [-0.3, -0.25) is 4.79 Å². The van der Waals surface area contributed by atoms with Gasteiger partial charge in [-0.15, -0.1) is 0 Å². The fraction of sp³-hybridized carbons (Fsp3) is 0.929. The van der Waals surface area contributed by atoms with Gasteiger partial charge in [-0.25, -0.2) is 0 Å². The molecule has 1 N–H and O–H groups in total. The van der Waals surface area contributed by atoms with Crippen LogP contribution in [-0.4, -0.2) is 25.7 Å². The van der Waals surface area contributed by atoms with Crippen LogP contribution in [0.1, 0.15) is 38.5 Å². The largest absolute Gasteiger partial charge is 0.468 e. The predicted octanol–water partition coefficient (Wildman–Crippen LogP) is 1.96. The molecule has 3 aliphatic carbocycles. The second-order valence-electron chi connectivity index (χ2n) is 6.18. The molecule has 0 spiro atoms. The molecule has 0 aromatic carbocycles. The predicted molar refractivity (Wildman–Crippen MR) is 65.5 cm³/mol. The number of hydrogen-bond acceptors (Lipinski definition) is 3. The van der Waals surface area contributed by atoms with Crippen molar-refractivity contribution >= 4 is 5.97 Å². The third-order valence-electron chi connectivity index (χ3n) is 5.03. The highest BCUT2D eigenvalue weighted by molar-refractivity contribution is 5.76. The number of rotatable bonds is 5. The van der Waals surface area contributed by atoms with Crippen molar-refractivity contribution in [3.8, 4) is 0 Å². The summed E-state index contributed by atoms with van der Waals surface area (Å²) in [5, 5.41) is 3.48. The number of hydrogen-bond donors (Lipinski definition) is 1. The minimum Gasteiger partial charge on any atom is -0.468 e. The standard InChI is InChI=1S/C14H23NO2/c1-17-14(16)13(10-4-5-10)15-8-12-7-9-2-3-11(12)6-9/h9-13,15H,2-8H2,1H3. The topological polar surface area (TPSA) is 38.3 Å². The van der Waals surface area contributed by atoms with Crippen LogP contribution in [0.4, 0.5) is 0 Å². The summed E-state index contributed by atoms with van der Waals surface area (Å²) >= 11 is 0. The maximum Gasteiger partial charge on any atom is 0.323 e. The average Bonchev–Trinajstić information content (AvgIpc) is 2.97. The molecule has 4 unspecified atom stereocenters. The van der Waals surface area contributed by atoms with E-state index < -0.39 is 0 Å². The van der Waals surface area contributed by atoms with Crippen LogP contribution >= 0.6 is 0 Å². The lowest BCUT2D eigenvalue weighted by Crippen LogP contribution is -2.42. The van der Waals surface area contributed by atoms with Gasteiger partial charge in [0.25, 0.3) is 0 Å². The monoisotopic (exact) mass is 237 g/mol. The molecule has 4 atom stereocenters. The summed E-state index contributed by atoms with van der Waals surface area (Å²) in [6.07, 6.45) is 8.06. The summed E-state index contributed by atoms with van der Waals surface area (Å²) < 4.78 is 4.89. The van der Waals surface area contributed by atoms with E-state index in [-0.39, 0.29) is 12.0 Å². The molecule has 0 amide bonds. The second-order valence-corrected chi connectivity index (χ2v) is 6.18. The van der Waals surface area contributed by atoms with Gasteiger partial charge in [-0.1, -0.05) is 6.42 Å².